The van der Waals surface area contributed by atoms with Crippen LogP contribution in [0, 0.1) is 6.92 Å². The molecule has 2 N–H and O–H groups in total. The lowest BCUT2D eigenvalue weighted by atomic mass is 10.2. The van der Waals surface area contributed by atoms with Gasteiger partial charge in [-0.25, -0.2) is 4.79 Å². The van der Waals surface area contributed by atoms with Crippen molar-refractivity contribution in [2.75, 3.05) is 5.32 Å². The average molecular weight is 308 g/mol. The Kier molecular flexibility index (Phi) is 4.28. The molecule has 1 aromatic carbocycles. The molecule has 0 spiro atoms. The Hall–Kier alpha value is -2.34. The van der Waals surface area contributed by atoms with Gasteiger partial charge >= 0.3 is 5.97 Å². The molecule has 6 nitrogen and oxygen atoms in total. The lowest BCUT2D eigenvalue weighted by molar-refractivity contribution is -0.140. The number of amides is 1. The van der Waals surface area contributed by atoms with Crippen LogP contribution in [-0.2, 0) is 4.79 Å². The summed E-state index contributed by atoms with van der Waals surface area (Å²) >= 11 is 5.99. The Bertz CT molecular complexity index is 697. The number of hydrogen-bond donors (Lipinski definition) is 2. The molecule has 0 aliphatic rings. The van der Waals surface area contributed by atoms with E-state index >= 15 is 0 Å². The number of aromatic nitrogens is 2. The van der Waals surface area contributed by atoms with E-state index < -0.39 is 12.0 Å². The largest absolute Gasteiger partial charge is 0.480 e. The SMILES string of the molecule is Cc1c(Cl)cccc1NC(=O)c1cnn(C(C)C(=O)O)c1. The molecular weight excluding hydrogens is 294 g/mol. The summed E-state index contributed by atoms with van der Waals surface area (Å²) in [5.74, 6) is -1.39. The standard InChI is InChI=1S/C14H14ClN3O3/c1-8-11(15)4-3-5-12(8)17-13(19)10-6-16-18(7-10)9(2)14(20)21/h3-7,9H,1-2H3,(H,17,19)(H,20,21). The highest BCUT2D eigenvalue weighted by atomic mass is 35.5. The molecule has 2 rings (SSSR count). The molecule has 0 fully saturated rings. The van der Waals surface area contributed by atoms with Crippen LogP contribution in [0.1, 0.15) is 28.9 Å². The fourth-order valence-electron chi connectivity index (χ4n) is 1.72. The minimum atomic E-state index is -1.02. The number of aliphatic carboxylic acids is 1. The van der Waals surface area contributed by atoms with Gasteiger partial charge < -0.3 is 10.4 Å². The number of rotatable bonds is 4. The highest BCUT2D eigenvalue weighted by molar-refractivity contribution is 6.31. The van der Waals surface area contributed by atoms with Gasteiger partial charge in [0.25, 0.3) is 5.91 Å². The number of carboxylic acids is 1. The average Bonchev–Trinajstić information content (AvgIpc) is 2.92. The number of carbonyl (C=O) groups is 2. The number of nitrogens with zero attached hydrogens (tertiary/aromatic N) is 2. The summed E-state index contributed by atoms with van der Waals surface area (Å²) in [7, 11) is 0. The smallest absolute Gasteiger partial charge is 0.328 e. The van der Waals surface area contributed by atoms with Gasteiger partial charge in [-0.2, -0.15) is 5.10 Å². The zero-order valence-corrected chi connectivity index (χ0v) is 12.3. The van der Waals surface area contributed by atoms with Gasteiger partial charge in [-0.3, -0.25) is 9.48 Å². The molecular formula is C14H14ClN3O3. The molecule has 0 saturated heterocycles. The van der Waals surface area contributed by atoms with Crippen molar-refractivity contribution >= 4 is 29.2 Å². The van der Waals surface area contributed by atoms with Crippen molar-refractivity contribution < 1.29 is 14.7 Å². The van der Waals surface area contributed by atoms with E-state index in [9.17, 15) is 9.59 Å². The van der Waals surface area contributed by atoms with Crippen molar-refractivity contribution in [1.29, 1.82) is 0 Å². The molecule has 110 valence electrons. The Balaban J connectivity index is 2.18. The number of anilines is 1. The molecule has 1 atom stereocenters. The number of benzene rings is 1. The van der Waals surface area contributed by atoms with E-state index in [1.807, 2.05) is 0 Å². The summed E-state index contributed by atoms with van der Waals surface area (Å²) in [6, 6.07) is 4.38. The molecule has 1 heterocycles. The van der Waals surface area contributed by atoms with Crippen LogP contribution in [0.5, 0.6) is 0 Å². The lowest BCUT2D eigenvalue weighted by Crippen LogP contribution is -2.16. The fraction of sp³-hybridized carbons (Fsp3) is 0.214. The van der Waals surface area contributed by atoms with Crippen LogP contribution >= 0.6 is 11.6 Å². The van der Waals surface area contributed by atoms with E-state index in [4.69, 9.17) is 16.7 Å². The molecule has 2 aromatic rings. The van der Waals surface area contributed by atoms with E-state index in [1.54, 1.807) is 25.1 Å². The zero-order valence-electron chi connectivity index (χ0n) is 11.5. The van der Waals surface area contributed by atoms with Crippen LogP contribution in [0.4, 0.5) is 5.69 Å². The second kappa shape index (κ2) is 5.97. The van der Waals surface area contributed by atoms with Gasteiger partial charge in [-0.15, -0.1) is 0 Å². The van der Waals surface area contributed by atoms with Crippen molar-refractivity contribution in [2.24, 2.45) is 0 Å². The number of nitrogens with one attached hydrogen (secondary N) is 1. The Morgan fingerprint density at radius 1 is 1.43 bits per heavy atom. The van der Waals surface area contributed by atoms with E-state index in [2.05, 4.69) is 10.4 Å². The van der Waals surface area contributed by atoms with E-state index in [-0.39, 0.29) is 11.5 Å². The van der Waals surface area contributed by atoms with Crippen LogP contribution in [-0.4, -0.2) is 26.8 Å². The predicted molar refractivity (Wildman–Crippen MR) is 78.7 cm³/mol. The quantitative estimate of drug-likeness (QED) is 0.909. The first-order chi connectivity index (χ1) is 9.90. The highest BCUT2D eigenvalue weighted by Gasteiger charge is 2.17. The number of halogens is 1. The second-order valence-corrected chi connectivity index (χ2v) is 5.00. The molecule has 1 aromatic heterocycles. The summed E-state index contributed by atoms with van der Waals surface area (Å²) in [5, 5.41) is 16.1. The predicted octanol–water partition coefficient (Wildman–Crippen LogP) is 2.74. The number of carbonyl (C=O) groups excluding carboxylic acids is 1. The monoisotopic (exact) mass is 307 g/mol. The Morgan fingerprint density at radius 3 is 2.81 bits per heavy atom. The third kappa shape index (κ3) is 3.22. The van der Waals surface area contributed by atoms with Gasteiger partial charge in [0.1, 0.15) is 6.04 Å². The molecule has 21 heavy (non-hydrogen) atoms. The molecule has 7 heteroatoms. The van der Waals surface area contributed by atoms with Gasteiger partial charge in [0.05, 0.1) is 11.8 Å². The normalized spacial score (nSPS) is 12.0. The first-order valence-electron chi connectivity index (χ1n) is 6.23. The highest BCUT2D eigenvalue weighted by Crippen LogP contribution is 2.23. The van der Waals surface area contributed by atoms with Crippen molar-refractivity contribution in [2.45, 2.75) is 19.9 Å². The molecule has 1 unspecified atom stereocenters. The maximum atomic E-state index is 12.1. The van der Waals surface area contributed by atoms with Crippen molar-refractivity contribution in [3.8, 4) is 0 Å². The summed E-state index contributed by atoms with van der Waals surface area (Å²) in [5.41, 5.74) is 1.65. The summed E-state index contributed by atoms with van der Waals surface area (Å²) in [6.45, 7) is 3.28. The van der Waals surface area contributed by atoms with Gasteiger partial charge in [-0.1, -0.05) is 17.7 Å². The molecule has 0 aliphatic heterocycles. The maximum Gasteiger partial charge on any atom is 0.328 e. The van der Waals surface area contributed by atoms with Gasteiger partial charge in [0, 0.05) is 16.9 Å². The first kappa shape index (κ1) is 15.1. The second-order valence-electron chi connectivity index (χ2n) is 4.59. The van der Waals surface area contributed by atoms with E-state index in [0.29, 0.717) is 10.7 Å². The summed E-state index contributed by atoms with van der Waals surface area (Å²) < 4.78 is 1.22. The summed E-state index contributed by atoms with van der Waals surface area (Å²) in [4.78, 5) is 23.0. The van der Waals surface area contributed by atoms with Gasteiger partial charge in [0.15, 0.2) is 0 Å². The van der Waals surface area contributed by atoms with Crippen LogP contribution in [0.25, 0.3) is 0 Å². The Morgan fingerprint density at radius 2 is 2.14 bits per heavy atom. The molecule has 0 aliphatic carbocycles. The first-order valence-corrected chi connectivity index (χ1v) is 6.61. The lowest BCUT2D eigenvalue weighted by Gasteiger charge is -2.08. The van der Waals surface area contributed by atoms with Gasteiger partial charge in [0.2, 0.25) is 0 Å². The minimum Gasteiger partial charge on any atom is -0.480 e. The molecule has 0 radical (unpaired) electrons. The van der Waals surface area contributed by atoms with Crippen LogP contribution in [0.3, 0.4) is 0 Å². The third-order valence-corrected chi connectivity index (χ3v) is 3.54. The number of carboxylic acid groups (broad SMARTS) is 1. The maximum absolute atomic E-state index is 12.1. The molecule has 0 bridgehead atoms. The van der Waals surface area contributed by atoms with Crippen molar-refractivity contribution in [3.05, 3.63) is 46.7 Å². The van der Waals surface area contributed by atoms with Crippen LogP contribution < -0.4 is 5.32 Å². The van der Waals surface area contributed by atoms with Crippen molar-refractivity contribution in [3.63, 3.8) is 0 Å². The van der Waals surface area contributed by atoms with Gasteiger partial charge in [-0.05, 0) is 31.5 Å². The Labute approximate surface area is 126 Å². The van der Waals surface area contributed by atoms with Crippen LogP contribution in [0.15, 0.2) is 30.6 Å². The third-order valence-electron chi connectivity index (χ3n) is 3.13. The molecule has 1 amide bonds. The zero-order chi connectivity index (χ0) is 15.6. The van der Waals surface area contributed by atoms with E-state index in [0.717, 1.165) is 5.56 Å². The fourth-order valence-corrected chi connectivity index (χ4v) is 1.89. The minimum absolute atomic E-state index is 0.280. The number of hydrogen-bond acceptors (Lipinski definition) is 3. The van der Waals surface area contributed by atoms with Crippen LogP contribution in [0.2, 0.25) is 5.02 Å². The summed E-state index contributed by atoms with van der Waals surface area (Å²) in [6.07, 6.45) is 2.72. The van der Waals surface area contributed by atoms with Crippen molar-refractivity contribution in [1.82, 2.24) is 9.78 Å². The topological polar surface area (TPSA) is 84.2 Å². The molecule has 0 saturated carbocycles. The van der Waals surface area contributed by atoms with E-state index in [1.165, 1.54) is 24.0 Å².